The third kappa shape index (κ3) is 8.46. The monoisotopic (exact) mass is 737 g/mol. The van der Waals surface area contributed by atoms with Crippen LogP contribution in [0.1, 0.15) is 68.8 Å². The standard InChI is InChI=1S/C39H49Cl2N5O5/c1-39(2,3)38(50)45-15-13-44(14-16-45)27-19-28(24-51-29-11-9-25(23-47)10-12-29)46(21-27)36(48)18-26-17-33(41)34(20-32(26)40)42-37(49)31-22-43(4)35-8-6-5-7-30(31)35/h5-8,17,20,22-23,25,27-29H,9-16,18-19,21,24H2,1-4H3,(H,42,49)/t25?,27-,28-,29?/m0/s1. The molecule has 10 nitrogen and oxygen atoms in total. The highest BCUT2D eigenvalue weighted by Crippen LogP contribution is 2.33. The zero-order valence-corrected chi connectivity index (χ0v) is 31.5. The van der Waals surface area contributed by atoms with Crippen LogP contribution < -0.4 is 5.32 Å². The number of nitrogens with zero attached hydrogens (tertiary/aromatic N) is 4. The van der Waals surface area contributed by atoms with Crippen molar-refractivity contribution in [2.75, 3.05) is 44.6 Å². The molecule has 3 aromatic rings. The van der Waals surface area contributed by atoms with Crippen LogP contribution >= 0.6 is 23.2 Å². The van der Waals surface area contributed by atoms with Crippen LogP contribution in [0, 0.1) is 11.3 Å². The lowest BCUT2D eigenvalue weighted by molar-refractivity contribution is -0.141. The lowest BCUT2D eigenvalue weighted by Crippen LogP contribution is -2.54. The fourth-order valence-corrected chi connectivity index (χ4v) is 8.28. The van der Waals surface area contributed by atoms with Crippen molar-refractivity contribution in [3.63, 3.8) is 0 Å². The lowest BCUT2D eigenvalue weighted by atomic mass is 9.88. The van der Waals surface area contributed by atoms with Crippen molar-refractivity contribution in [2.24, 2.45) is 18.4 Å². The molecule has 2 saturated heterocycles. The van der Waals surface area contributed by atoms with Gasteiger partial charge in [0.2, 0.25) is 11.8 Å². The van der Waals surface area contributed by atoms with Crippen LogP contribution in [0.4, 0.5) is 5.69 Å². The third-order valence-corrected chi connectivity index (χ3v) is 11.4. The topological polar surface area (TPSA) is 104 Å². The van der Waals surface area contributed by atoms with Gasteiger partial charge in [0, 0.05) is 79.3 Å². The van der Waals surface area contributed by atoms with Gasteiger partial charge in [0.05, 0.1) is 41.4 Å². The fraction of sp³-hybridized carbons (Fsp3) is 0.538. The first-order chi connectivity index (χ1) is 24.3. The molecule has 12 heteroatoms. The highest BCUT2D eigenvalue weighted by Gasteiger charge is 2.40. The van der Waals surface area contributed by atoms with Gasteiger partial charge in [0.15, 0.2) is 0 Å². The molecule has 3 amide bonds. The number of nitrogens with one attached hydrogen (secondary N) is 1. The molecule has 1 aromatic heterocycles. The van der Waals surface area contributed by atoms with E-state index >= 15 is 0 Å². The molecule has 1 aliphatic carbocycles. The predicted octanol–water partition coefficient (Wildman–Crippen LogP) is 6.21. The number of aryl methyl sites for hydroxylation is 1. The fourth-order valence-electron chi connectivity index (χ4n) is 7.82. The Balaban J connectivity index is 1.13. The molecule has 6 rings (SSSR count). The molecule has 2 aromatic carbocycles. The van der Waals surface area contributed by atoms with Gasteiger partial charge in [-0.1, -0.05) is 62.2 Å². The first-order valence-corrected chi connectivity index (χ1v) is 18.8. The number of anilines is 1. The summed E-state index contributed by atoms with van der Waals surface area (Å²) in [7, 11) is 1.89. The maximum Gasteiger partial charge on any atom is 0.257 e. The van der Waals surface area contributed by atoms with Crippen LogP contribution in [0.5, 0.6) is 0 Å². The van der Waals surface area contributed by atoms with E-state index in [4.69, 9.17) is 27.9 Å². The number of para-hydroxylation sites is 1. The molecule has 0 spiro atoms. The summed E-state index contributed by atoms with van der Waals surface area (Å²) < 4.78 is 8.31. The van der Waals surface area contributed by atoms with E-state index in [0.717, 1.165) is 62.4 Å². The van der Waals surface area contributed by atoms with Crippen LogP contribution in [-0.4, -0.2) is 101 Å². The quantitative estimate of drug-likeness (QED) is 0.262. The van der Waals surface area contributed by atoms with E-state index in [1.165, 1.54) is 0 Å². The zero-order valence-electron chi connectivity index (χ0n) is 30.0. The normalized spacial score (nSPS) is 23.1. The number of amides is 3. The van der Waals surface area contributed by atoms with E-state index in [2.05, 4.69) is 10.2 Å². The smallest absolute Gasteiger partial charge is 0.257 e. The Kier molecular flexibility index (Phi) is 11.5. The molecular weight excluding hydrogens is 689 g/mol. The van der Waals surface area contributed by atoms with Crippen molar-refractivity contribution in [3.8, 4) is 0 Å². The van der Waals surface area contributed by atoms with Gasteiger partial charge in [-0.05, 0) is 55.9 Å². The zero-order chi connectivity index (χ0) is 36.4. The summed E-state index contributed by atoms with van der Waals surface area (Å²) in [6, 6.07) is 11.0. The van der Waals surface area contributed by atoms with Crippen molar-refractivity contribution in [1.29, 1.82) is 0 Å². The van der Waals surface area contributed by atoms with Gasteiger partial charge in [-0.25, -0.2) is 0 Å². The van der Waals surface area contributed by atoms with Crippen molar-refractivity contribution < 1.29 is 23.9 Å². The SMILES string of the molecule is Cn1cc(C(=O)Nc2cc(Cl)c(CC(=O)N3C[C@@H](N4CCN(C(=O)C(C)(C)C)CC4)C[C@H]3COC3CCC(C=O)CC3)cc2Cl)c2ccccc21. The van der Waals surface area contributed by atoms with Gasteiger partial charge < -0.3 is 29.2 Å². The molecular formula is C39H49Cl2N5O5. The summed E-state index contributed by atoms with van der Waals surface area (Å²) in [5.41, 5.74) is 2.00. The number of benzene rings is 2. The maximum absolute atomic E-state index is 14.1. The van der Waals surface area contributed by atoms with Gasteiger partial charge in [0.1, 0.15) is 6.29 Å². The van der Waals surface area contributed by atoms with Gasteiger partial charge in [-0.2, -0.15) is 0 Å². The number of likely N-dealkylation sites (tertiary alicyclic amines) is 1. The number of aromatic nitrogens is 1. The van der Waals surface area contributed by atoms with Gasteiger partial charge in [-0.15, -0.1) is 0 Å². The molecule has 3 heterocycles. The number of fused-ring (bicyclic) bond motifs is 1. The van der Waals surface area contributed by atoms with Crippen LogP contribution in [-0.2, 0) is 32.6 Å². The highest BCUT2D eigenvalue weighted by molar-refractivity contribution is 6.36. The maximum atomic E-state index is 14.1. The predicted molar refractivity (Wildman–Crippen MR) is 200 cm³/mol. The summed E-state index contributed by atoms with van der Waals surface area (Å²) in [6.07, 6.45) is 7.09. The number of hydrogen-bond acceptors (Lipinski definition) is 6. The Morgan fingerprint density at radius 1 is 0.980 bits per heavy atom. The highest BCUT2D eigenvalue weighted by atomic mass is 35.5. The summed E-state index contributed by atoms with van der Waals surface area (Å²) in [5, 5.41) is 4.37. The molecule has 0 radical (unpaired) electrons. The van der Waals surface area contributed by atoms with Crippen LogP contribution in [0.2, 0.25) is 10.0 Å². The third-order valence-electron chi connectivity index (χ3n) is 10.8. The van der Waals surface area contributed by atoms with E-state index in [1.807, 2.05) is 66.5 Å². The minimum atomic E-state index is -0.420. The number of ether oxygens (including phenoxy) is 1. The average molecular weight is 739 g/mol. The van der Waals surface area contributed by atoms with Crippen molar-refractivity contribution in [3.05, 3.63) is 63.8 Å². The molecule has 274 valence electrons. The summed E-state index contributed by atoms with van der Waals surface area (Å²) in [5.74, 6) is -0.0987. The molecule has 1 N–H and O–H groups in total. The number of piperazine rings is 1. The number of hydrogen-bond donors (Lipinski definition) is 1. The van der Waals surface area contributed by atoms with Crippen molar-refractivity contribution in [1.82, 2.24) is 19.3 Å². The van der Waals surface area contributed by atoms with E-state index in [9.17, 15) is 19.2 Å². The lowest BCUT2D eigenvalue weighted by Gasteiger charge is -2.40. The Hall–Kier alpha value is -3.44. The Labute approximate surface area is 310 Å². The number of carbonyl (C=O) groups is 4. The molecule has 3 aliphatic rings. The molecule has 3 fully saturated rings. The summed E-state index contributed by atoms with van der Waals surface area (Å²) in [6.45, 7) is 9.68. The van der Waals surface area contributed by atoms with E-state index in [0.29, 0.717) is 53.1 Å². The van der Waals surface area contributed by atoms with Gasteiger partial charge >= 0.3 is 0 Å². The number of aldehydes is 1. The summed E-state index contributed by atoms with van der Waals surface area (Å²) in [4.78, 5) is 57.8. The summed E-state index contributed by atoms with van der Waals surface area (Å²) >= 11 is 13.4. The Morgan fingerprint density at radius 2 is 1.69 bits per heavy atom. The van der Waals surface area contributed by atoms with E-state index in [1.54, 1.807) is 18.3 Å². The molecule has 2 atom stereocenters. The van der Waals surface area contributed by atoms with E-state index < -0.39 is 5.41 Å². The number of carbonyl (C=O) groups excluding carboxylic acids is 4. The molecule has 2 aliphatic heterocycles. The first-order valence-electron chi connectivity index (χ1n) is 18.1. The molecule has 0 bridgehead atoms. The minimum Gasteiger partial charge on any atom is -0.376 e. The average Bonchev–Trinajstić information content (AvgIpc) is 3.70. The van der Waals surface area contributed by atoms with Crippen LogP contribution in [0.25, 0.3) is 10.9 Å². The Morgan fingerprint density at radius 3 is 2.37 bits per heavy atom. The second-order valence-electron chi connectivity index (χ2n) is 15.4. The molecule has 0 unspecified atom stereocenters. The largest absolute Gasteiger partial charge is 0.376 e. The van der Waals surface area contributed by atoms with E-state index in [-0.39, 0.29) is 48.2 Å². The minimum absolute atomic E-state index is 0.0532. The molecule has 51 heavy (non-hydrogen) atoms. The first kappa shape index (κ1) is 37.3. The van der Waals surface area contributed by atoms with Crippen molar-refractivity contribution >= 4 is 63.8 Å². The van der Waals surface area contributed by atoms with Crippen LogP contribution in [0.3, 0.4) is 0 Å². The van der Waals surface area contributed by atoms with Crippen molar-refractivity contribution in [2.45, 2.75) is 77.5 Å². The van der Waals surface area contributed by atoms with Gasteiger partial charge in [-0.3, -0.25) is 19.3 Å². The van der Waals surface area contributed by atoms with Crippen LogP contribution in [0.15, 0.2) is 42.6 Å². The second kappa shape index (κ2) is 15.7. The molecule has 1 saturated carbocycles. The number of halogens is 2. The van der Waals surface area contributed by atoms with Gasteiger partial charge in [0.25, 0.3) is 5.91 Å². The Bertz CT molecular complexity index is 1770. The second-order valence-corrected chi connectivity index (χ2v) is 16.2. The number of rotatable bonds is 9.